The minimum atomic E-state index is -3.96. The predicted octanol–water partition coefficient (Wildman–Crippen LogP) is 4.59. The molecule has 3 aromatic carbocycles. The van der Waals surface area contributed by atoms with Crippen LogP contribution in [0.15, 0.2) is 77.7 Å². The average Bonchev–Trinajstić information content (AvgIpc) is 2.68. The first-order chi connectivity index (χ1) is 13.4. The quantitative estimate of drug-likeness (QED) is 0.594. The summed E-state index contributed by atoms with van der Waals surface area (Å²) < 4.78 is 31.1. The van der Waals surface area contributed by atoms with E-state index in [2.05, 4.69) is 0 Å². The normalized spacial score (nSPS) is 12.5. The zero-order chi connectivity index (χ0) is 20.1. The Morgan fingerprint density at radius 2 is 1.54 bits per heavy atom. The Morgan fingerprint density at radius 3 is 2.18 bits per heavy atom. The molecule has 0 unspecified atom stereocenters. The van der Waals surface area contributed by atoms with E-state index in [9.17, 15) is 13.5 Å². The first-order valence-electron chi connectivity index (χ1n) is 9.18. The number of hydrogen-bond acceptors (Lipinski definition) is 4. The van der Waals surface area contributed by atoms with Gasteiger partial charge in [0.1, 0.15) is 10.6 Å². The molecule has 0 heterocycles. The molecule has 5 heteroatoms. The van der Waals surface area contributed by atoms with Gasteiger partial charge >= 0.3 is 10.1 Å². The van der Waals surface area contributed by atoms with Crippen LogP contribution in [0.5, 0.6) is 5.75 Å². The van der Waals surface area contributed by atoms with Crippen molar-refractivity contribution < 1.29 is 17.7 Å². The minimum absolute atomic E-state index is 0.0162. The highest BCUT2D eigenvalue weighted by atomic mass is 32.2. The maximum atomic E-state index is 12.8. The highest BCUT2D eigenvalue weighted by Crippen LogP contribution is 2.36. The van der Waals surface area contributed by atoms with Gasteiger partial charge in [-0.1, -0.05) is 65.7 Å². The van der Waals surface area contributed by atoms with E-state index < -0.39 is 10.1 Å². The smallest absolute Gasteiger partial charge is 0.339 e. The van der Waals surface area contributed by atoms with Crippen LogP contribution in [0.2, 0.25) is 0 Å². The third-order valence-corrected chi connectivity index (χ3v) is 5.92. The Balaban J connectivity index is 2.04. The number of aryl methyl sites for hydroxylation is 2. The Hall–Kier alpha value is -2.63. The summed E-state index contributed by atoms with van der Waals surface area (Å²) in [6.45, 7) is 3.83. The molecular weight excluding hydrogens is 372 g/mol. The van der Waals surface area contributed by atoms with Gasteiger partial charge in [0.2, 0.25) is 0 Å². The van der Waals surface area contributed by atoms with E-state index in [1.807, 2.05) is 56.3 Å². The third kappa shape index (κ3) is 4.61. The van der Waals surface area contributed by atoms with Gasteiger partial charge in [0, 0.05) is 18.1 Å². The molecule has 0 radical (unpaired) electrons. The number of aliphatic hydroxyl groups is 1. The summed E-state index contributed by atoms with van der Waals surface area (Å²) in [5.74, 6) is 0.114. The van der Waals surface area contributed by atoms with E-state index in [1.54, 1.807) is 30.3 Å². The van der Waals surface area contributed by atoms with E-state index in [4.69, 9.17) is 4.18 Å². The van der Waals surface area contributed by atoms with E-state index in [0.29, 0.717) is 6.42 Å². The third-order valence-electron chi connectivity index (χ3n) is 4.67. The zero-order valence-electron chi connectivity index (χ0n) is 16.0. The highest BCUT2D eigenvalue weighted by Gasteiger charge is 2.23. The van der Waals surface area contributed by atoms with Gasteiger partial charge in [0.25, 0.3) is 0 Å². The first kappa shape index (κ1) is 20.1. The molecule has 0 aliphatic rings. The van der Waals surface area contributed by atoms with Crippen molar-refractivity contribution in [3.63, 3.8) is 0 Å². The average molecular weight is 397 g/mol. The van der Waals surface area contributed by atoms with Crippen LogP contribution in [-0.2, 0) is 10.1 Å². The lowest BCUT2D eigenvalue weighted by atomic mass is 9.87. The second kappa shape index (κ2) is 8.59. The Bertz CT molecular complexity index is 1030. The van der Waals surface area contributed by atoms with Gasteiger partial charge in [-0.3, -0.25) is 0 Å². The molecule has 146 valence electrons. The summed E-state index contributed by atoms with van der Waals surface area (Å²) in [4.78, 5) is 0.114. The Kier molecular flexibility index (Phi) is 6.17. The highest BCUT2D eigenvalue weighted by molar-refractivity contribution is 7.87. The molecule has 0 aliphatic heterocycles. The lowest BCUT2D eigenvalue weighted by Crippen LogP contribution is -2.13. The van der Waals surface area contributed by atoms with Crippen molar-refractivity contribution >= 4 is 10.1 Å². The Morgan fingerprint density at radius 1 is 0.893 bits per heavy atom. The fraction of sp³-hybridized carbons (Fsp3) is 0.217. The molecule has 0 bridgehead atoms. The van der Waals surface area contributed by atoms with Gasteiger partial charge in [-0.15, -0.1) is 0 Å². The van der Waals surface area contributed by atoms with E-state index in [-0.39, 0.29) is 23.2 Å². The molecule has 0 fully saturated rings. The van der Waals surface area contributed by atoms with Crippen LogP contribution in [0.25, 0.3) is 0 Å². The molecule has 1 atom stereocenters. The SMILES string of the molecule is Cc1ccc(S(=O)(=O)Oc2ccc(C)cc2[C@H](CCO)c2ccccc2)cc1. The van der Waals surface area contributed by atoms with Crippen LogP contribution in [0.1, 0.15) is 34.6 Å². The summed E-state index contributed by atoms with van der Waals surface area (Å²) in [6.07, 6.45) is 0.467. The number of benzene rings is 3. The molecule has 0 aliphatic carbocycles. The summed E-state index contributed by atoms with van der Waals surface area (Å²) in [6, 6.07) is 21.7. The maximum absolute atomic E-state index is 12.8. The van der Waals surface area contributed by atoms with Crippen LogP contribution in [0, 0.1) is 13.8 Å². The van der Waals surface area contributed by atoms with Crippen LogP contribution in [-0.4, -0.2) is 20.1 Å². The minimum Gasteiger partial charge on any atom is -0.396 e. The molecule has 3 aromatic rings. The van der Waals surface area contributed by atoms with E-state index in [0.717, 1.165) is 22.3 Å². The van der Waals surface area contributed by atoms with E-state index in [1.165, 1.54) is 0 Å². The molecule has 0 spiro atoms. The second-order valence-electron chi connectivity index (χ2n) is 6.87. The van der Waals surface area contributed by atoms with Crippen LogP contribution < -0.4 is 4.18 Å². The molecule has 1 N–H and O–H groups in total. The van der Waals surface area contributed by atoms with Crippen molar-refractivity contribution in [2.75, 3.05) is 6.61 Å². The lowest BCUT2D eigenvalue weighted by molar-refractivity contribution is 0.281. The standard InChI is InChI=1S/C23H24O4S/c1-17-8-11-20(12-9-17)28(25,26)27-23-13-10-18(2)16-22(23)21(14-15-24)19-6-4-3-5-7-19/h3-13,16,21,24H,14-15H2,1-2H3/t21-/m1/s1. The molecule has 28 heavy (non-hydrogen) atoms. The van der Waals surface area contributed by atoms with Crippen molar-refractivity contribution in [3.05, 3.63) is 95.1 Å². The molecule has 4 nitrogen and oxygen atoms in total. The first-order valence-corrected chi connectivity index (χ1v) is 10.6. The maximum Gasteiger partial charge on any atom is 0.339 e. The fourth-order valence-electron chi connectivity index (χ4n) is 3.20. The molecule has 0 saturated carbocycles. The van der Waals surface area contributed by atoms with Gasteiger partial charge in [-0.2, -0.15) is 8.42 Å². The van der Waals surface area contributed by atoms with Crippen LogP contribution in [0.4, 0.5) is 0 Å². The number of hydrogen-bond donors (Lipinski definition) is 1. The largest absolute Gasteiger partial charge is 0.396 e. The van der Waals surface area contributed by atoms with Gasteiger partial charge in [0.05, 0.1) is 0 Å². The predicted molar refractivity (Wildman–Crippen MR) is 110 cm³/mol. The molecule has 0 aromatic heterocycles. The van der Waals surface area contributed by atoms with Crippen molar-refractivity contribution in [2.24, 2.45) is 0 Å². The van der Waals surface area contributed by atoms with Gasteiger partial charge < -0.3 is 9.29 Å². The van der Waals surface area contributed by atoms with Crippen LogP contribution in [0.3, 0.4) is 0 Å². The van der Waals surface area contributed by atoms with Gasteiger partial charge in [-0.05, 0) is 44.0 Å². The van der Waals surface area contributed by atoms with Gasteiger partial charge in [-0.25, -0.2) is 0 Å². The topological polar surface area (TPSA) is 63.6 Å². The number of aliphatic hydroxyl groups excluding tert-OH is 1. The summed E-state index contributed by atoms with van der Waals surface area (Å²) in [7, 11) is -3.96. The monoisotopic (exact) mass is 396 g/mol. The zero-order valence-corrected chi connectivity index (χ0v) is 16.8. The fourth-order valence-corrected chi connectivity index (χ4v) is 4.16. The lowest BCUT2D eigenvalue weighted by Gasteiger charge is -2.21. The van der Waals surface area contributed by atoms with Gasteiger partial charge in [0.15, 0.2) is 0 Å². The van der Waals surface area contributed by atoms with Crippen LogP contribution >= 0.6 is 0 Å². The molecular formula is C23H24O4S. The second-order valence-corrected chi connectivity index (χ2v) is 8.41. The Labute approximate surface area is 166 Å². The van der Waals surface area contributed by atoms with Crippen molar-refractivity contribution in [3.8, 4) is 5.75 Å². The number of rotatable bonds is 7. The summed E-state index contributed by atoms with van der Waals surface area (Å²) in [5.41, 5.74) is 3.71. The summed E-state index contributed by atoms with van der Waals surface area (Å²) in [5, 5.41) is 9.60. The van der Waals surface area contributed by atoms with E-state index >= 15 is 0 Å². The molecule has 0 amide bonds. The van der Waals surface area contributed by atoms with Crippen molar-refractivity contribution in [1.82, 2.24) is 0 Å². The van der Waals surface area contributed by atoms with Crippen molar-refractivity contribution in [2.45, 2.75) is 31.1 Å². The molecule has 0 saturated heterocycles. The summed E-state index contributed by atoms with van der Waals surface area (Å²) >= 11 is 0. The van der Waals surface area contributed by atoms with Crippen molar-refractivity contribution in [1.29, 1.82) is 0 Å². The molecule has 3 rings (SSSR count).